The fourth-order valence-electron chi connectivity index (χ4n) is 3.20. The van der Waals surface area contributed by atoms with E-state index in [4.69, 9.17) is 4.74 Å². The van der Waals surface area contributed by atoms with Crippen LogP contribution in [0.3, 0.4) is 0 Å². The number of benzene rings is 1. The van der Waals surface area contributed by atoms with Gasteiger partial charge >= 0.3 is 0 Å². The minimum Gasteiger partial charge on any atom is -0.370 e. The highest BCUT2D eigenvalue weighted by atomic mass is 16.5. The fourth-order valence-corrected chi connectivity index (χ4v) is 3.20. The fraction of sp³-hybridized carbons (Fsp3) is 0.625. The molecule has 1 aliphatic rings. The van der Waals surface area contributed by atoms with Crippen LogP contribution in [-0.4, -0.2) is 6.61 Å². The Balaban J connectivity index is 2.36. The lowest BCUT2D eigenvalue weighted by Gasteiger charge is -2.38. The van der Waals surface area contributed by atoms with Gasteiger partial charge in [0.25, 0.3) is 0 Å². The van der Waals surface area contributed by atoms with E-state index in [2.05, 4.69) is 44.2 Å². The molecule has 0 aliphatic heterocycles. The SMILES string of the molecule is CCOC1(c2ccccc2)CCCCCC1C. The topological polar surface area (TPSA) is 9.23 Å². The van der Waals surface area contributed by atoms with Gasteiger partial charge in [-0.1, -0.05) is 56.5 Å². The smallest absolute Gasteiger partial charge is 0.0956 e. The van der Waals surface area contributed by atoms with Crippen molar-refractivity contribution in [1.29, 1.82) is 0 Å². The van der Waals surface area contributed by atoms with E-state index in [0.717, 1.165) is 6.61 Å². The van der Waals surface area contributed by atoms with E-state index in [1.807, 2.05) is 0 Å². The standard InChI is InChI=1S/C16H24O/c1-3-17-16(15-11-7-4-8-12-15)13-9-5-6-10-14(16)2/h4,7-8,11-12,14H,3,5-6,9-10,13H2,1-2H3. The predicted molar refractivity (Wildman–Crippen MR) is 72.0 cm³/mol. The monoisotopic (exact) mass is 232 g/mol. The summed E-state index contributed by atoms with van der Waals surface area (Å²) in [6.45, 7) is 5.27. The highest BCUT2D eigenvalue weighted by Crippen LogP contribution is 2.43. The van der Waals surface area contributed by atoms with Gasteiger partial charge in [0, 0.05) is 6.61 Å². The van der Waals surface area contributed by atoms with Gasteiger partial charge in [-0.25, -0.2) is 0 Å². The molecule has 2 atom stereocenters. The number of ether oxygens (including phenoxy) is 1. The quantitative estimate of drug-likeness (QED) is 0.696. The molecule has 0 spiro atoms. The summed E-state index contributed by atoms with van der Waals surface area (Å²) >= 11 is 0. The molecule has 2 rings (SSSR count). The Labute approximate surface area is 105 Å². The Bertz CT molecular complexity index is 333. The van der Waals surface area contributed by atoms with Gasteiger partial charge < -0.3 is 4.74 Å². The van der Waals surface area contributed by atoms with E-state index in [0.29, 0.717) is 5.92 Å². The Morgan fingerprint density at radius 3 is 2.65 bits per heavy atom. The summed E-state index contributed by atoms with van der Waals surface area (Å²) in [6.07, 6.45) is 6.45. The van der Waals surface area contributed by atoms with Crippen LogP contribution in [-0.2, 0) is 10.3 Å². The van der Waals surface area contributed by atoms with Crippen molar-refractivity contribution in [1.82, 2.24) is 0 Å². The van der Waals surface area contributed by atoms with Crippen LogP contribution in [0.25, 0.3) is 0 Å². The molecule has 1 aliphatic carbocycles. The van der Waals surface area contributed by atoms with Gasteiger partial charge in [0.1, 0.15) is 0 Å². The average molecular weight is 232 g/mol. The lowest BCUT2D eigenvalue weighted by atomic mass is 9.78. The molecule has 1 aromatic carbocycles. The summed E-state index contributed by atoms with van der Waals surface area (Å²) in [5, 5.41) is 0. The molecule has 1 heteroatoms. The molecule has 0 bridgehead atoms. The van der Waals surface area contributed by atoms with Crippen molar-refractivity contribution in [2.45, 2.75) is 51.6 Å². The number of hydrogen-bond acceptors (Lipinski definition) is 1. The van der Waals surface area contributed by atoms with Gasteiger partial charge in [0.2, 0.25) is 0 Å². The molecule has 0 amide bonds. The molecule has 1 aromatic rings. The molecular weight excluding hydrogens is 208 g/mol. The van der Waals surface area contributed by atoms with Crippen molar-refractivity contribution in [3.05, 3.63) is 35.9 Å². The molecule has 0 radical (unpaired) electrons. The van der Waals surface area contributed by atoms with E-state index < -0.39 is 0 Å². The Morgan fingerprint density at radius 1 is 1.18 bits per heavy atom. The average Bonchev–Trinajstić information content (AvgIpc) is 2.55. The summed E-state index contributed by atoms with van der Waals surface area (Å²) in [5.74, 6) is 0.618. The van der Waals surface area contributed by atoms with Gasteiger partial charge in [0.05, 0.1) is 5.60 Å². The Morgan fingerprint density at radius 2 is 1.94 bits per heavy atom. The molecular formula is C16H24O. The van der Waals surface area contributed by atoms with Crippen LogP contribution in [0.4, 0.5) is 0 Å². The van der Waals surface area contributed by atoms with Crippen LogP contribution >= 0.6 is 0 Å². The van der Waals surface area contributed by atoms with Crippen molar-refractivity contribution >= 4 is 0 Å². The van der Waals surface area contributed by atoms with E-state index in [9.17, 15) is 0 Å². The maximum absolute atomic E-state index is 6.25. The molecule has 0 N–H and O–H groups in total. The molecule has 17 heavy (non-hydrogen) atoms. The number of hydrogen-bond donors (Lipinski definition) is 0. The van der Waals surface area contributed by atoms with Crippen LogP contribution < -0.4 is 0 Å². The second-order valence-electron chi connectivity index (χ2n) is 5.19. The Kier molecular flexibility index (Phi) is 4.22. The molecule has 0 heterocycles. The first-order chi connectivity index (χ1) is 8.29. The van der Waals surface area contributed by atoms with E-state index in [1.54, 1.807) is 0 Å². The summed E-state index contributed by atoms with van der Waals surface area (Å²) in [5.41, 5.74) is 1.34. The van der Waals surface area contributed by atoms with Crippen LogP contribution in [0.2, 0.25) is 0 Å². The lowest BCUT2D eigenvalue weighted by molar-refractivity contribution is -0.0888. The molecule has 2 unspecified atom stereocenters. The normalized spacial score (nSPS) is 29.9. The maximum atomic E-state index is 6.25. The zero-order valence-electron chi connectivity index (χ0n) is 11.1. The van der Waals surface area contributed by atoms with E-state index in [1.165, 1.54) is 37.7 Å². The molecule has 1 nitrogen and oxygen atoms in total. The van der Waals surface area contributed by atoms with Crippen LogP contribution in [0.5, 0.6) is 0 Å². The highest BCUT2D eigenvalue weighted by molar-refractivity contribution is 5.24. The first-order valence-electron chi connectivity index (χ1n) is 6.99. The van der Waals surface area contributed by atoms with E-state index >= 15 is 0 Å². The minimum atomic E-state index is -0.0352. The summed E-state index contributed by atoms with van der Waals surface area (Å²) in [7, 11) is 0. The molecule has 1 fully saturated rings. The van der Waals surface area contributed by atoms with Crippen molar-refractivity contribution in [3.8, 4) is 0 Å². The minimum absolute atomic E-state index is 0.0352. The highest BCUT2D eigenvalue weighted by Gasteiger charge is 2.39. The van der Waals surface area contributed by atoms with Gasteiger partial charge in [-0.05, 0) is 31.2 Å². The predicted octanol–water partition coefficient (Wildman–Crippen LogP) is 4.52. The third-order valence-corrected chi connectivity index (χ3v) is 4.15. The zero-order chi connectivity index (χ0) is 12.1. The van der Waals surface area contributed by atoms with Crippen LogP contribution in [0.1, 0.15) is 51.5 Å². The largest absolute Gasteiger partial charge is 0.370 e. The van der Waals surface area contributed by atoms with Gasteiger partial charge in [-0.2, -0.15) is 0 Å². The first kappa shape index (κ1) is 12.6. The third kappa shape index (κ3) is 2.55. The second-order valence-corrected chi connectivity index (χ2v) is 5.19. The van der Waals surface area contributed by atoms with E-state index in [-0.39, 0.29) is 5.60 Å². The van der Waals surface area contributed by atoms with Gasteiger partial charge in [-0.15, -0.1) is 0 Å². The summed E-state index contributed by atoms with van der Waals surface area (Å²) in [6, 6.07) is 10.8. The van der Waals surface area contributed by atoms with Gasteiger partial charge in [0.15, 0.2) is 0 Å². The van der Waals surface area contributed by atoms with Gasteiger partial charge in [-0.3, -0.25) is 0 Å². The van der Waals surface area contributed by atoms with Crippen molar-refractivity contribution < 1.29 is 4.74 Å². The first-order valence-corrected chi connectivity index (χ1v) is 6.99. The zero-order valence-corrected chi connectivity index (χ0v) is 11.1. The maximum Gasteiger partial charge on any atom is 0.0956 e. The van der Waals surface area contributed by atoms with Crippen LogP contribution in [0.15, 0.2) is 30.3 Å². The summed E-state index contributed by atoms with van der Waals surface area (Å²) in [4.78, 5) is 0. The number of rotatable bonds is 3. The summed E-state index contributed by atoms with van der Waals surface area (Å²) < 4.78 is 6.25. The Hall–Kier alpha value is -0.820. The van der Waals surface area contributed by atoms with Crippen molar-refractivity contribution in [2.24, 2.45) is 5.92 Å². The van der Waals surface area contributed by atoms with Crippen molar-refractivity contribution in [2.75, 3.05) is 6.61 Å². The lowest BCUT2D eigenvalue weighted by Crippen LogP contribution is -2.36. The van der Waals surface area contributed by atoms with Crippen molar-refractivity contribution in [3.63, 3.8) is 0 Å². The second kappa shape index (κ2) is 5.68. The molecule has 94 valence electrons. The molecule has 0 aromatic heterocycles. The molecule has 1 saturated carbocycles. The molecule has 0 saturated heterocycles. The van der Waals surface area contributed by atoms with Crippen LogP contribution in [0, 0.1) is 5.92 Å². The third-order valence-electron chi connectivity index (χ3n) is 4.15.